The molecule has 0 aromatic carbocycles. The van der Waals surface area contributed by atoms with E-state index in [1.807, 2.05) is 0 Å². The SMILES string of the molecule is CC(=O)[O-].O=C[C@@H](O)[C@@H](O)[C@H](O)[C@H](O)CO.[Na+]. The Balaban J connectivity index is -0.000000340. The van der Waals surface area contributed by atoms with Gasteiger partial charge in [0, 0.05) is 5.97 Å². The van der Waals surface area contributed by atoms with E-state index in [-0.39, 0.29) is 35.8 Å². The van der Waals surface area contributed by atoms with E-state index in [1.165, 1.54) is 0 Å². The fourth-order valence-electron chi connectivity index (χ4n) is 0.618. The Bertz CT molecular complexity index is 208. The van der Waals surface area contributed by atoms with Crippen LogP contribution in [0.2, 0.25) is 0 Å². The van der Waals surface area contributed by atoms with Crippen molar-refractivity contribution in [3.8, 4) is 0 Å². The predicted octanol–water partition coefficient (Wildman–Crippen LogP) is -7.62. The molecule has 0 aromatic rings. The van der Waals surface area contributed by atoms with Gasteiger partial charge in [0.25, 0.3) is 0 Å². The average molecular weight is 262 g/mol. The van der Waals surface area contributed by atoms with Gasteiger partial charge in [0.05, 0.1) is 6.61 Å². The van der Waals surface area contributed by atoms with Crippen molar-refractivity contribution >= 4 is 12.3 Å². The molecule has 0 saturated heterocycles. The Morgan fingerprint density at radius 1 is 1.24 bits per heavy atom. The third-order valence-corrected chi connectivity index (χ3v) is 1.42. The number of aliphatic carboxylic acids is 1. The van der Waals surface area contributed by atoms with Crippen molar-refractivity contribution in [1.29, 1.82) is 0 Å². The molecular weight excluding hydrogens is 247 g/mol. The minimum absolute atomic E-state index is 0. The van der Waals surface area contributed by atoms with Crippen molar-refractivity contribution in [3.63, 3.8) is 0 Å². The van der Waals surface area contributed by atoms with Gasteiger partial charge in [-0.05, 0) is 6.92 Å². The molecule has 4 atom stereocenters. The van der Waals surface area contributed by atoms with E-state index in [9.17, 15) is 4.79 Å². The monoisotopic (exact) mass is 262 g/mol. The van der Waals surface area contributed by atoms with Crippen molar-refractivity contribution in [3.05, 3.63) is 0 Å². The van der Waals surface area contributed by atoms with Crippen LogP contribution in [0.15, 0.2) is 0 Å². The topological polar surface area (TPSA) is 158 Å². The molecule has 0 aliphatic carbocycles. The molecule has 0 aliphatic heterocycles. The Morgan fingerprint density at radius 3 is 1.82 bits per heavy atom. The molecule has 5 N–H and O–H groups in total. The first-order valence-corrected chi connectivity index (χ1v) is 4.23. The molecule has 0 aromatic heterocycles. The first-order chi connectivity index (χ1) is 7.27. The number of carboxylic acids is 1. The molecular formula is C8H15NaO8. The number of hydrogen-bond donors (Lipinski definition) is 5. The van der Waals surface area contributed by atoms with Crippen LogP contribution in [0.5, 0.6) is 0 Å². The minimum atomic E-state index is -1.79. The second-order valence-electron chi connectivity index (χ2n) is 2.85. The van der Waals surface area contributed by atoms with Crippen molar-refractivity contribution in [2.45, 2.75) is 31.3 Å². The molecule has 0 fully saturated rings. The smallest absolute Gasteiger partial charge is 0.550 e. The molecule has 0 aliphatic rings. The summed E-state index contributed by atoms with van der Waals surface area (Å²) in [6.45, 7) is 0.212. The first kappa shape index (κ1) is 22.1. The fourth-order valence-corrected chi connectivity index (χ4v) is 0.618. The van der Waals surface area contributed by atoms with E-state index in [4.69, 9.17) is 35.4 Å². The molecule has 0 bridgehead atoms. The molecule has 0 heterocycles. The fraction of sp³-hybridized carbons (Fsp3) is 0.750. The molecule has 0 rings (SSSR count). The molecule has 0 amide bonds. The zero-order valence-electron chi connectivity index (χ0n) is 9.55. The van der Waals surface area contributed by atoms with E-state index in [2.05, 4.69) is 0 Å². The maximum atomic E-state index is 9.90. The minimum Gasteiger partial charge on any atom is -0.550 e. The molecule has 0 radical (unpaired) electrons. The number of carbonyl (C=O) groups is 2. The molecule has 17 heavy (non-hydrogen) atoms. The zero-order valence-corrected chi connectivity index (χ0v) is 11.6. The molecule has 96 valence electrons. The van der Waals surface area contributed by atoms with E-state index in [1.54, 1.807) is 0 Å². The van der Waals surface area contributed by atoms with Gasteiger partial charge >= 0.3 is 29.6 Å². The van der Waals surface area contributed by atoms with Gasteiger partial charge in [0.15, 0.2) is 6.29 Å². The molecule has 0 spiro atoms. The average Bonchev–Trinajstić information content (AvgIpc) is 2.24. The van der Waals surface area contributed by atoms with Crippen LogP contribution in [-0.2, 0) is 9.59 Å². The molecule has 0 saturated carbocycles. The summed E-state index contributed by atoms with van der Waals surface area (Å²) >= 11 is 0. The summed E-state index contributed by atoms with van der Waals surface area (Å²) in [6.07, 6.45) is -6.84. The normalized spacial score (nSPS) is 16.4. The van der Waals surface area contributed by atoms with Gasteiger partial charge < -0.3 is 40.2 Å². The van der Waals surface area contributed by atoms with Gasteiger partial charge in [-0.1, -0.05) is 0 Å². The maximum Gasteiger partial charge on any atom is 1.00 e. The van der Waals surface area contributed by atoms with Gasteiger partial charge in [-0.2, -0.15) is 0 Å². The maximum absolute atomic E-state index is 9.90. The van der Waals surface area contributed by atoms with Gasteiger partial charge in [0.1, 0.15) is 24.4 Å². The number of carboxylic acid groups (broad SMARTS) is 1. The number of aliphatic hydroxyl groups excluding tert-OH is 5. The second-order valence-corrected chi connectivity index (χ2v) is 2.85. The van der Waals surface area contributed by atoms with Crippen LogP contribution < -0.4 is 34.7 Å². The van der Waals surface area contributed by atoms with Crippen LogP contribution in [0.4, 0.5) is 0 Å². The van der Waals surface area contributed by atoms with Crippen LogP contribution in [0.3, 0.4) is 0 Å². The summed E-state index contributed by atoms with van der Waals surface area (Å²) in [4.78, 5) is 18.8. The van der Waals surface area contributed by atoms with Gasteiger partial charge in [0.2, 0.25) is 0 Å². The Kier molecular flexibility index (Phi) is 16.2. The quantitative estimate of drug-likeness (QED) is 0.241. The van der Waals surface area contributed by atoms with Crippen molar-refractivity contribution < 1.29 is 69.8 Å². The number of aliphatic hydroxyl groups is 5. The number of aldehydes is 1. The van der Waals surface area contributed by atoms with Crippen LogP contribution in [0, 0.1) is 0 Å². The van der Waals surface area contributed by atoms with E-state index < -0.39 is 37.0 Å². The Morgan fingerprint density at radius 2 is 1.59 bits per heavy atom. The van der Waals surface area contributed by atoms with Crippen molar-refractivity contribution in [1.82, 2.24) is 0 Å². The summed E-state index contributed by atoms with van der Waals surface area (Å²) in [5, 5.41) is 52.4. The summed E-state index contributed by atoms with van der Waals surface area (Å²) in [6, 6.07) is 0. The van der Waals surface area contributed by atoms with Crippen molar-refractivity contribution in [2.75, 3.05) is 6.61 Å². The zero-order chi connectivity index (χ0) is 13.3. The number of hydrogen-bond acceptors (Lipinski definition) is 8. The van der Waals surface area contributed by atoms with Crippen LogP contribution in [0.25, 0.3) is 0 Å². The Hall–Kier alpha value is -0.0600. The number of rotatable bonds is 5. The largest absolute Gasteiger partial charge is 1.00 e. The molecule has 0 unspecified atom stereocenters. The summed E-state index contributed by atoms with van der Waals surface area (Å²) in [5.41, 5.74) is 0. The second kappa shape index (κ2) is 12.4. The predicted molar refractivity (Wildman–Crippen MR) is 47.9 cm³/mol. The van der Waals surface area contributed by atoms with Gasteiger partial charge in [-0.25, -0.2) is 0 Å². The van der Waals surface area contributed by atoms with Crippen molar-refractivity contribution in [2.24, 2.45) is 0 Å². The van der Waals surface area contributed by atoms with Crippen LogP contribution in [-0.4, -0.2) is 68.8 Å². The van der Waals surface area contributed by atoms with Gasteiger partial charge in [-0.15, -0.1) is 0 Å². The molecule has 9 heteroatoms. The number of carbonyl (C=O) groups excluding carboxylic acids is 2. The molecule has 8 nitrogen and oxygen atoms in total. The van der Waals surface area contributed by atoms with Gasteiger partial charge in [-0.3, -0.25) is 0 Å². The standard InChI is InChI=1S/C6H12O6.C2H4O2.Na/c7-1-3(9)5(11)6(12)4(10)2-8;1-2(3)4;/h1,3-6,8-12H,2H2;1H3,(H,3,4);/q;;+1/p-1/t3-,4-,5-,6-;;/m1../s1. The third-order valence-electron chi connectivity index (χ3n) is 1.42. The summed E-state index contributed by atoms with van der Waals surface area (Å²) in [5.74, 6) is -1.08. The third kappa shape index (κ3) is 12.2. The summed E-state index contributed by atoms with van der Waals surface area (Å²) in [7, 11) is 0. The van der Waals surface area contributed by atoms with E-state index in [0.29, 0.717) is 0 Å². The van der Waals surface area contributed by atoms with E-state index >= 15 is 0 Å². The first-order valence-electron chi connectivity index (χ1n) is 4.23. The Labute approximate surface area is 120 Å². The van der Waals surface area contributed by atoms with Crippen LogP contribution >= 0.6 is 0 Å². The van der Waals surface area contributed by atoms with Crippen LogP contribution in [0.1, 0.15) is 6.92 Å². The van der Waals surface area contributed by atoms with E-state index in [0.717, 1.165) is 6.92 Å². The summed E-state index contributed by atoms with van der Waals surface area (Å²) < 4.78 is 0.